The third kappa shape index (κ3) is 3.14. The molecule has 0 radical (unpaired) electrons. The molecule has 0 saturated heterocycles. The van der Waals surface area contributed by atoms with Crippen LogP contribution in [0.3, 0.4) is 0 Å². The quantitative estimate of drug-likeness (QED) is 0.487. The second kappa shape index (κ2) is 5.15. The summed E-state index contributed by atoms with van der Waals surface area (Å²) in [5.74, 6) is -2.40. The van der Waals surface area contributed by atoms with Gasteiger partial charge in [-0.2, -0.15) is 0 Å². The van der Waals surface area contributed by atoms with Crippen molar-refractivity contribution in [3.63, 3.8) is 0 Å². The van der Waals surface area contributed by atoms with Crippen LogP contribution in [0, 0.1) is 0 Å². The van der Waals surface area contributed by atoms with Crippen LogP contribution >= 0.6 is 11.6 Å². The van der Waals surface area contributed by atoms with Gasteiger partial charge in [-0.1, -0.05) is 0 Å². The third-order valence-corrected chi connectivity index (χ3v) is 4.09. The molecule has 0 aromatic heterocycles. The molecule has 0 aliphatic heterocycles. The van der Waals surface area contributed by atoms with Crippen LogP contribution in [-0.4, -0.2) is 36.1 Å². The molecule has 0 aliphatic rings. The molecule has 5 heteroatoms. The van der Waals surface area contributed by atoms with Gasteiger partial charge < -0.3 is 0 Å². The molecule has 0 aliphatic carbocycles. The van der Waals surface area contributed by atoms with Crippen molar-refractivity contribution < 1.29 is 14.7 Å². The van der Waals surface area contributed by atoms with Gasteiger partial charge in [0.2, 0.25) is 0 Å². The van der Waals surface area contributed by atoms with Gasteiger partial charge in [0.25, 0.3) is 0 Å². The van der Waals surface area contributed by atoms with Gasteiger partial charge in [-0.3, -0.25) is 0 Å². The molecule has 0 saturated carbocycles. The third-order valence-electron chi connectivity index (χ3n) is 1.40. The van der Waals surface area contributed by atoms with Crippen molar-refractivity contribution in [2.24, 2.45) is 0 Å². The summed E-state index contributed by atoms with van der Waals surface area (Å²) in [6, 6.07) is 9.15. The second-order valence-electron chi connectivity index (χ2n) is 2.42. The van der Waals surface area contributed by atoms with Gasteiger partial charge in [-0.15, -0.1) is 0 Å². The van der Waals surface area contributed by atoms with Crippen LogP contribution in [0.4, 0.5) is 0 Å². The van der Waals surface area contributed by atoms with E-state index in [1.165, 1.54) is 0 Å². The number of rotatable bonds is 4. The number of carbonyl (C=O) groups is 2. The summed E-state index contributed by atoms with van der Waals surface area (Å²) in [7, 11) is 0. The number of carboxylic acid groups (broad SMARTS) is 1. The predicted octanol–water partition coefficient (Wildman–Crippen LogP) is 0.235. The van der Waals surface area contributed by atoms with Gasteiger partial charge in [0, 0.05) is 0 Å². The van der Waals surface area contributed by atoms with Crippen molar-refractivity contribution in [3.05, 3.63) is 30.3 Å². The van der Waals surface area contributed by atoms with Crippen molar-refractivity contribution in [1.82, 2.24) is 0 Å². The topological polar surface area (TPSA) is 54.4 Å². The van der Waals surface area contributed by atoms with Gasteiger partial charge >= 0.3 is 92.1 Å². The normalized spacial score (nSPS) is 12.1. The van der Waals surface area contributed by atoms with Crippen molar-refractivity contribution >= 4 is 42.8 Å². The molecule has 1 N–H and O–H groups in total. The van der Waals surface area contributed by atoms with Gasteiger partial charge in [0.15, 0.2) is 0 Å². The monoisotopic (exact) mass is 278 g/mol. The van der Waals surface area contributed by atoms with Crippen molar-refractivity contribution in [2.45, 2.75) is 4.28 Å². The maximum atomic E-state index is 10.9. The average Bonchev–Trinajstić information content (AvgIpc) is 2.18. The standard InChI is InChI=1S/C9H7ClO3Se/c10-8(7(11)9(12)13)14-6-4-2-1-3-5-6/h1-5,8H,(H,12,13). The molecule has 1 atom stereocenters. The Balaban J connectivity index is 2.62. The molecule has 3 nitrogen and oxygen atoms in total. The van der Waals surface area contributed by atoms with Crippen LogP contribution < -0.4 is 4.46 Å². The van der Waals surface area contributed by atoms with Crippen LogP contribution in [0.25, 0.3) is 0 Å². The van der Waals surface area contributed by atoms with Crippen molar-refractivity contribution in [2.75, 3.05) is 0 Å². The first-order valence-corrected chi connectivity index (χ1v) is 6.02. The predicted molar refractivity (Wildman–Crippen MR) is 54.1 cm³/mol. The Bertz CT molecular complexity index is 339. The molecule has 0 bridgehead atoms. The van der Waals surface area contributed by atoms with Gasteiger partial charge in [0.1, 0.15) is 0 Å². The molecule has 0 heterocycles. The molecule has 14 heavy (non-hydrogen) atoms. The molecule has 0 amide bonds. The molecule has 1 rings (SSSR count). The fourth-order valence-corrected chi connectivity index (χ4v) is 2.99. The number of carboxylic acids is 1. The van der Waals surface area contributed by atoms with Crippen LogP contribution in [-0.2, 0) is 9.59 Å². The maximum absolute atomic E-state index is 10.9. The Labute approximate surface area is 92.2 Å². The molecular weight excluding hydrogens is 271 g/mol. The van der Waals surface area contributed by atoms with Crippen LogP contribution in [0.2, 0.25) is 0 Å². The van der Waals surface area contributed by atoms with Crippen LogP contribution in [0.15, 0.2) is 30.3 Å². The Hall–Kier alpha value is -0.831. The Kier molecular flexibility index (Phi) is 4.14. The summed E-state index contributed by atoms with van der Waals surface area (Å²) in [4.78, 5) is 21.2. The fourth-order valence-electron chi connectivity index (χ4n) is 0.769. The number of halogens is 1. The number of hydrogen-bond acceptors (Lipinski definition) is 2. The minimum atomic E-state index is -1.47. The number of benzene rings is 1. The summed E-state index contributed by atoms with van der Waals surface area (Å²) >= 11 is 5.32. The van der Waals surface area contributed by atoms with Crippen molar-refractivity contribution in [3.8, 4) is 0 Å². The van der Waals surface area contributed by atoms with E-state index in [0.717, 1.165) is 4.46 Å². The van der Waals surface area contributed by atoms with E-state index in [-0.39, 0.29) is 15.0 Å². The molecule has 74 valence electrons. The van der Waals surface area contributed by atoms with E-state index in [2.05, 4.69) is 0 Å². The van der Waals surface area contributed by atoms with E-state index >= 15 is 0 Å². The first-order valence-electron chi connectivity index (χ1n) is 3.74. The van der Waals surface area contributed by atoms with E-state index in [9.17, 15) is 9.59 Å². The Morgan fingerprint density at radius 2 is 1.86 bits per heavy atom. The van der Waals surface area contributed by atoms with Gasteiger partial charge in [-0.25, -0.2) is 0 Å². The number of carbonyl (C=O) groups excluding carboxylic acids is 1. The SMILES string of the molecule is O=C(O)C(=O)C(Cl)[Se]c1ccccc1. The van der Waals surface area contributed by atoms with E-state index in [4.69, 9.17) is 16.7 Å². The van der Waals surface area contributed by atoms with E-state index in [0.29, 0.717) is 0 Å². The zero-order valence-corrected chi connectivity index (χ0v) is 9.48. The van der Waals surface area contributed by atoms with Crippen molar-refractivity contribution in [1.29, 1.82) is 0 Å². The van der Waals surface area contributed by atoms with E-state index < -0.39 is 16.0 Å². The zero-order chi connectivity index (χ0) is 10.6. The Morgan fingerprint density at radius 3 is 2.36 bits per heavy atom. The first-order chi connectivity index (χ1) is 6.61. The zero-order valence-electron chi connectivity index (χ0n) is 7.01. The molecule has 1 unspecified atom stereocenters. The summed E-state index contributed by atoms with van der Waals surface area (Å²) in [5.41, 5.74) is 0. The molecule has 0 fully saturated rings. The van der Waals surface area contributed by atoms with Crippen LogP contribution in [0.5, 0.6) is 0 Å². The number of alkyl halides is 1. The number of ketones is 1. The molecule has 1 aromatic carbocycles. The summed E-state index contributed by atoms with van der Waals surface area (Å²) in [6.07, 6.45) is 0. The Morgan fingerprint density at radius 1 is 1.29 bits per heavy atom. The second-order valence-corrected chi connectivity index (χ2v) is 5.91. The summed E-state index contributed by atoms with van der Waals surface area (Å²) in [5, 5.41) is 8.41. The first kappa shape index (κ1) is 11.2. The van der Waals surface area contributed by atoms with E-state index in [1.807, 2.05) is 30.3 Å². The number of aliphatic carboxylic acids is 1. The summed E-state index contributed by atoms with van der Waals surface area (Å²) < 4.78 is -0.0167. The molecule has 0 spiro atoms. The fraction of sp³-hybridized carbons (Fsp3) is 0.111. The minimum absolute atomic E-state index is 0.335. The summed E-state index contributed by atoms with van der Waals surface area (Å²) in [6.45, 7) is 0. The van der Waals surface area contributed by atoms with Gasteiger partial charge in [0.05, 0.1) is 0 Å². The average molecular weight is 278 g/mol. The van der Waals surface area contributed by atoms with E-state index in [1.54, 1.807) is 0 Å². The molecular formula is C9H7ClO3Se. The number of hydrogen-bond donors (Lipinski definition) is 1. The molecule has 1 aromatic rings. The van der Waals surface area contributed by atoms with Crippen LogP contribution in [0.1, 0.15) is 0 Å². The number of Topliss-reactive ketones (excluding diaryl/α,β-unsaturated/α-hetero) is 1. The van der Waals surface area contributed by atoms with Gasteiger partial charge in [-0.05, 0) is 0 Å².